The van der Waals surface area contributed by atoms with E-state index in [2.05, 4.69) is 39.4 Å². The van der Waals surface area contributed by atoms with E-state index in [0.717, 1.165) is 19.3 Å². The Kier molecular flexibility index (Phi) is 5.61. The number of nitrogens with one attached hydrogen (secondary N) is 2. The molecule has 18 heavy (non-hydrogen) atoms. The Hall–Kier alpha value is -1.59. The van der Waals surface area contributed by atoms with Crippen molar-refractivity contribution in [1.29, 1.82) is 0 Å². The summed E-state index contributed by atoms with van der Waals surface area (Å²) in [5.74, 6) is 1.88. The van der Waals surface area contributed by atoms with E-state index in [-0.39, 0.29) is 0 Å². The number of anilines is 3. The van der Waals surface area contributed by atoms with Gasteiger partial charge in [0, 0.05) is 27.2 Å². The van der Waals surface area contributed by atoms with Crippen molar-refractivity contribution in [3.8, 4) is 0 Å². The van der Waals surface area contributed by atoms with Crippen LogP contribution < -0.4 is 15.5 Å². The Morgan fingerprint density at radius 1 is 1.11 bits per heavy atom. The van der Waals surface area contributed by atoms with Gasteiger partial charge in [-0.3, -0.25) is 0 Å². The summed E-state index contributed by atoms with van der Waals surface area (Å²) < 4.78 is 0. The van der Waals surface area contributed by atoms with Crippen LogP contribution in [0.4, 0.5) is 17.8 Å². The molecule has 0 radical (unpaired) electrons. The normalized spacial score (nSPS) is 12.1. The highest BCUT2D eigenvalue weighted by Crippen LogP contribution is 2.14. The second-order valence-electron chi connectivity index (χ2n) is 4.47. The zero-order valence-electron chi connectivity index (χ0n) is 12.0. The van der Waals surface area contributed by atoms with Crippen molar-refractivity contribution >= 4 is 17.8 Å². The zero-order chi connectivity index (χ0) is 13.5. The van der Waals surface area contributed by atoms with Crippen LogP contribution in [0.25, 0.3) is 0 Å². The molecule has 0 aliphatic heterocycles. The van der Waals surface area contributed by atoms with Gasteiger partial charge in [-0.2, -0.15) is 15.0 Å². The lowest BCUT2D eigenvalue weighted by atomic mass is 10.1. The molecule has 0 aliphatic carbocycles. The Morgan fingerprint density at radius 3 is 2.28 bits per heavy atom. The van der Waals surface area contributed by atoms with Crippen LogP contribution in [0.2, 0.25) is 0 Å². The fraction of sp³-hybridized carbons (Fsp3) is 0.750. The Bertz CT molecular complexity index is 366. The Labute approximate surface area is 109 Å². The van der Waals surface area contributed by atoms with Gasteiger partial charge in [-0.25, -0.2) is 0 Å². The van der Waals surface area contributed by atoms with Gasteiger partial charge in [0.25, 0.3) is 0 Å². The maximum atomic E-state index is 4.40. The molecular weight excluding hydrogens is 228 g/mol. The topological polar surface area (TPSA) is 66.0 Å². The molecule has 0 spiro atoms. The molecule has 1 rings (SSSR count). The van der Waals surface area contributed by atoms with Crippen molar-refractivity contribution < 1.29 is 0 Å². The van der Waals surface area contributed by atoms with Gasteiger partial charge in [-0.1, -0.05) is 20.3 Å². The van der Waals surface area contributed by atoms with Gasteiger partial charge < -0.3 is 15.5 Å². The van der Waals surface area contributed by atoms with Gasteiger partial charge in [0.05, 0.1) is 0 Å². The van der Waals surface area contributed by atoms with E-state index in [1.807, 2.05) is 26.0 Å². The lowest BCUT2D eigenvalue weighted by molar-refractivity contribution is 0.617. The maximum Gasteiger partial charge on any atom is 0.231 e. The minimum Gasteiger partial charge on any atom is -0.357 e. The molecule has 6 heteroatoms. The first kappa shape index (κ1) is 14.5. The van der Waals surface area contributed by atoms with E-state index < -0.39 is 0 Å². The monoisotopic (exact) mass is 252 g/mol. The number of hydrogen-bond donors (Lipinski definition) is 2. The highest BCUT2D eigenvalue weighted by Gasteiger charge is 2.10. The first-order valence-corrected chi connectivity index (χ1v) is 6.48. The molecule has 0 fully saturated rings. The van der Waals surface area contributed by atoms with Gasteiger partial charge in [-0.15, -0.1) is 0 Å². The van der Waals surface area contributed by atoms with Crippen LogP contribution in [-0.2, 0) is 0 Å². The van der Waals surface area contributed by atoms with Gasteiger partial charge in [0.1, 0.15) is 0 Å². The minimum atomic E-state index is 0.414. The third kappa shape index (κ3) is 4.01. The van der Waals surface area contributed by atoms with Crippen molar-refractivity contribution in [1.82, 2.24) is 15.0 Å². The smallest absolute Gasteiger partial charge is 0.231 e. The lowest BCUT2D eigenvalue weighted by Crippen LogP contribution is -2.22. The van der Waals surface area contributed by atoms with Crippen LogP contribution in [0.3, 0.4) is 0 Å². The zero-order valence-corrected chi connectivity index (χ0v) is 12.0. The molecule has 1 unspecified atom stereocenters. The van der Waals surface area contributed by atoms with Gasteiger partial charge in [-0.05, 0) is 12.8 Å². The van der Waals surface area contributed by atoms with Gasteiger partial charge in [0.2, 0.25) is 17.8 Å². The highest BCUT2D eigenvalue weighted by atomic mass is 15.3. The van der Waals surface area contributed by atoms with Gasteiger partial charge in [0.15, 0.2) is 0 Å². The summed E-state index contributed by atoms with van der Waals surface area (Å²) in [6.07, 6.45) is 3.33. The largest absolute Gasteiger partial charge is 0.357 e. The van der Waals surface area contributed by atoms with Crippen molar-refractivity contribution in [3.63, 3.8) is 0 Å². The summed E-state index contributed by atoms with van der Waals surface area (Å²) in [5.41, 5.74) is 0. The lowest BCUT2D eigenvalue weighted by Gasteiger charge is -2.18. The summed E-state index contributed by atoms with van der Waals surface area (Å²) >= 11 is 0. The van der Waals surface area contributed by atoms with Crippen LogP contribution >= 0.6 is 0 Å². The third-order valence-corrected chi connectivity index (χ3v) is 2.71. The molecular formula is C12H24N6. The van der Waals surface area contributed by atoms with E-state index in [0.29, 0.717) is 23.9 Å². The van der Waals surface area contributed by atoms with Crippen LogP contribution in [0.5, 0.6) is 0 Å². The molecule has 1 heterocycles. The minimum absolute atomic E-state index is 0.414. The van der Waals surface area contributed by atoms with E-state index in [9.17, 15) is 0 Å². The van der Waals surface area contributed by atoms with Crippen molar-refractivity contribution in [2.75, 3.05) is 36.7 Å². The molecule has 0 aliphatic rings. The van der Waals surface area contributed by atoms with Crippen molar-refractivity contribution in [2.45, 2.75) is 39.2 Å². The first-order chi connectivity index (χ1) is 8.60. The summed E-state index contributed by atoms with van der Waals surface area (Å²) in [4.78, 5) is 14.9. The molecule has 1 atom stereocenters. The number of aromatic nitrogens is 3. The standard InChI is InChI=1S/C12H24N6/c1-6-8-9(7-2)14-11-15-10(13-3)16-12(17-11)18(4)5/h9H,6-8H2,1-5H3,(H2,13,14,15,16,17). The molecule has 102 valence electrons. The summed E-state index contributed by atoms with van der Waals surface area (Å²) in [6, 6.07) is 0.414. The molecule has 0 amide bonds. The first-order valence-electron chi connectivity index (χ1n) is 6.48. The Morgan fingerprint density at radius 2 is 1.78 bits per heavy atom. The van der Waals surface area contributed by atoms with Crippen LogP contribution in [0, 0.1) is 0 Å². The molecule has 1 aromatic rings. The average Bonchev–Trinajstić information content (AvgIpc) is 2.37. The van der Waals surface area contributed by atoms with Crippen LogP contribution in [-0.4, -0.2) is 42.1 Å². The Balaban J connectivity index is 2.89. The van der Waals surface area contributed by atoms with Crippen molar-refractivity contribution in [3.05, 3.63) is 0 Å². The average molecular weight is 252 g/mol. The summed E-state index contributed by atoms with van der Waals surface area (Å²) in [7, 11) is 5.64. The SMILES string of the molecule is CCCC(CC)Nc1nc(NC)nc(N(C)C)n1. The van der Waals surface area contributed by atoms with E-state index in [4.69, 9.17) is 0 Å². The van der Waals surface area contributed by atoms with E-state index in [1.54, 1.807) is 0 Å². The third-order valence-electron chi connectivity index (χ3n) is 2.71. The molecule has 0 bridgehead atoms. The van der Waals surface area contributed by atoms with E-state index >= 15 is 0 Å². The van der Waals surface area contributed by atoms with E-state index in [1.165, 1.54) is 0 Å². The highest BCUT2D eigenvalue weighted by molar-refractivity contribution is 5.43. The van der Waals surface area contributed by atoms with Crippen LogP contribution in [0.15, 0.2) is 0 Å². The van der Waals surface area contributed by atoms with Gasteiger partial charge >= 0.3 is 0 Å². The second-order valence-corrected chi connectivity index (χ2v) is 4.47. The molecule has 1 aromatic heterocycles. The summed E-state index contributed by atoms with van der Waals surface area (Å²) in [5, 5.41) is 6.33. The molecule has 0 aromatic carbocycles. The number of hydrogen-bond acceptors (Lipinski definition) is 6. The second kappa shape index (κ2) is 6.98. The van der Waals surface area contributed by atoms with Crippen LogP contribution in [0.1, 0.15) is 33.1 Å². The number of rotatable bonds is 7. The predicted molar refractivity (Wildman–Crippen MR) is 76.3 cm³/mol. The predicted octanol–water partition coefficient (Wildman–Crippen LogP) is 1.97. The fourth-order valence-corrected chi connectivity index (χ4v) is 1.65. The molecule has 0 saturated heterocycles. The molecule has 6 nitrogen and oxygen atoms in total. The molecule has 0 saturated carbocycles. The maximum absolute atomic E-state index is 4.40. The quantitative estimate of drug-likeness (QED) is 0.773. The fourth-order valence-electron chi connectivity index (χ4n) is 1.65. The van der Waals surface area contributed by atoms with Crippen molar-refractivity contribution in [2.24, 2.45) is 0 Å². The summed E-state index contributed by atoms with van der Waals surface area (Å²) in [6.45, 7) is 4.35. The number of nitrogens with zero attached hydrogens (tertiary/aromatic N) is 4. The molecule has 2 N–H and O–H groups in total.